The first-order valence-corrected chi connectivity index (χ1v) is 10.0. The fraction of sp³-hybridized carbons (Fsp3) is 0.174. The largest absolute Gasteiger partial charge is 0.507 e. The number of aromatic nitrogens is 3. The zero-order valence-corrected chi connectivity index (χ0v) is 17.7. The highest BCUT2D eigenvalue weighted by molar-refractivity contribution is 5.89. The van der Waals surface area contributed by atoms with Crippen LogP contribution in [0.25, 0.3) is 28.0 Å². The fourth-order valence-electron chi connectivity index (χ4n) is 4.19. The lowest BCUT2D eigenvalue weighted by Gasteiger charge is -2.10. The molecule has 2 aromatic heterocycles. The summed E-state index contributed by atoms with van der Waals surface area (Å²) in [6.45, 7) is 1.61. The van der Waals surface area contributed by atoms with E-state index in [0.717, 1.165) is 25.0 Å². The van der Waals surface area contributed by atoms with Gasteiger partial charge in [-0.2, -0.15) is 0 Å². The Morgan fingerprint density at radius 3 is 2.56 bits per heavy atom. The minimum absolute atomic E-state index is 0. The summed E-state index contributed by atoms with van der Waals surface area (Å²) in [5.41, 5.74) is 3.21. The quantitative estimate of drug-likeness (QED) is 0.438. The van der Waals surface area contributed by atoms with Crippen molar-refractivity contribution >= 4 is 29.5 Å². The van der Waals surface area contributed by atoms with Crippen LogP contribution in [0, 0.1) is 0 Å². The van der Waals surface area contributed by atoms with E-state index >= 15 is 0 Å². The van der Waals surface area contributed by atoms with Gasteiger partial charge in [0.1, 0.15) is 5.75 Å². The number of rotatable bonds is 4. The van der Waals surface area contributed by atoms with E-state index in [1.54, 1.807) is 33.5 Å². The Hall–Kier alpha value is -3.62. The van der Waals surface area contributed by atoms with Gasteiger partial charge in [-0.15, -0.1) is 12.4 Å². The molecule has 8 nitrogen and oxygen atoms in total. The average Bonchev–Trinajstić information content (AvgIpc) is 3.39. The summed E-state index contributed by atoms with van der Waals surface area (Å²) in [6, 6.07) is 15.2. The minimum Gasteiger partial charge on any atom is -0.507 e. The molecule has 1 atom stereocenters. The number of hydrogen-bond acceptors (Lipinski definition) is 5. The highest BCUT2D eigenvalue weighted by Crippen LogP contribution is 2.31. The molecule has 3 heterocycles. The molecular weight excluding hydrogens is 432 g/mol. The van der Waals surface area contributed by atoms with Crippen LogP contribution in [-0.4, -0.2) is 43.4 Å². The third-order valence-corrected chi connectivity index (χ3v) is 5.71. The topological polar surface area (TPSA) is 109 Å². The molecule has 0 spiro atoms. The van der Waals surface area contributed by atoms with E-state index < -0.39 is 5.97 Å². The third-order valence-electron chi connectivity index (χ3n) is 5.71. The van der Waals surface area contributed by atoms with Gasteiger partial charge in [-0.25, -0.2) is 14.6 Å². The molecule has 1 unspecified atom stereocenters. The van der Waals surface area contributed by atoms with Gasteiger partial charge in [-0.05, 0) is 61.0 Å². The molecule has 3 N–H and O–H groups in total. The number of carbonyl (C=O) groups is 1. The summed E-state index contributed by atoms with van der Waals surface area (Å²) >= 11 is 0. The first kappa shape index (κ1) is 21.6. The number of halogens is 1. The van der Waals surface area contributed by atoms with Crippen LogP contribution in [0.2, 0.25) is 0 Å². The second kappa shape index (κ2) is 8.49. The molecule has 0 saturated carbocycles. The maximum Gasteiger partial charge on any atom is 0.335 e. The minimum atomic E-state index is -1.10. The lowest BCUT2D eigenvalue weighted by molar-refractivity contribution is 0.0696. The Balaban J connectivity index is 0.00000245. The Labute approximate surface area is 189 Å². The van der Waals surface area contributed by atoms with Crippen LogP contribution < -0.4 is 11.0 Å². The van der Waals surface area contributed by atoms with Crippen LogP contribution >= 0.6 is 12.4 Å². The molecule has 1 aliphatic rings. The van der Waals surface area contributed by atoms with E-state index in [4.69, 9.17) is 5.11 Å². The van der Waals surface area contributed by atoms with Crippen molar-refractivity contribution in [2.45, 2.75) is 12.5 Å². The number of nitrogens with one attached hydrogen (secondary N) is 1. The summed E-state index contributed by atoms with van der Waals surface area (Å²) in [4.78, 5) is 28.9. The maximum atomic E-state index is 13.3. The zero-order valence-electron chi connectivity index (χ0n) is 16.9. The number of carboxylic acids is 1. The second-order valence-electron chi connectivity index (χ2n) is 7.56. The number of nitrogens with zero attached hydrogens (tertiary/aromatic N) is 3. The molecule has 164 valence electrons. The van der Waals surface area contributed by atoms with Gasteiger partial charge in [0, 0.05) is 18.3 Å². The van der Waals surface area contributed by atoms with Crippen molar-refractivity contribution in [3.63, 3.8) is 0 Å². The summed E-state index contributed by atoms with van der Waals surface area (Å²) < 4.78 is 3.41. The van der Waals surface area contributed by atoms with Crippen molar-refractivity contribution < 1.29 is 15.0 Å². The molecule has 9 heteroatoms. The van der Waals surface area contributed by atoms with Crippen molar-refractivity contribution in [2.75, 3.05) is 13.1 Å². The molecule has 4 aromatic rings. The van der Waals surface area contributed by atoms with E-state index in [1.807, 2.05) is 24.3 Å². The normalized spacial score (nSPS) is 15.6. The van der Waals surface area contributed by atoms with Crippen molar-refractivity contribution in [3.8, 4) is 22.6 Å². The van der Waals surface area contributed by atoms with Gasteiger partial charge >= 0.3 is 11.7 Å². The van der Waals surface area contributed by atoms with E-state index in [2.05, 4.69) is 10.3 Å². The SMILES string of the molecule is Cl.O=C(O)c1ccc(-c2ccc(-n3c(=O)n(C4CCNC4)c4ncccc43)cc2)c(O)c1. The van der Waals surface area contributed by atoms with Crippen molar-refractivity contribution in [3.05, 3.63) is 76.8 Å². The number of aromatic carboxylic acids is 1. The predicted octanol–water partition coefficient (Wildman–Crippen LogP) is 3.21. The Morgan fingerprint density at radius 1 is 1.12 bits per heavy atom. The maximum absolute atomic E-state index is 13.3. The number of phenolic OH excluding ortho intramolecular Hbond substituents is 1. The number of aromatic hydroxyl groups is 1. The number of hydrogen-bond donors (Lipinski definition) is 3. The van der Waals surface area contributed by atoms with Crippen molar-refractivity contribution in [1.29, 1.82) is 0 Å². The monoisotopic (exact) mass is 452 g/mol. The molecular formula is C23H21ClN4O4. The first-order valence-electron chi connectivity index (χ1n) is 10.0. The molecule has 32 heavy (non-hydrogen) atoms. The van der Waals surface area contributed by atoms with Crippen LogP contribution in [0.5, 0.6) is 5.75 Å². The summed E-state index contributed by atoms with van der Waals surface area (Å²) in [5, 5.41) is 22.6. The average molecular weight is 453 g/mol. The molecule has 2 aromatic carbocycles. The van der Waals surface area contributed by atoms with Gasteiger partial charge in [0.25, 0.3) is 0 Å². The molecule has 0 amide bonds. The molecule has 1 aliphatic heterocycles. The molecule has 0 bridgehead atoms. The van der Waals surface area contributed by atoms with Crippen LogP contribution in [0.3, 0.4) is 0 Å². The van der Waals surface area contributed by atoms with Gasteiger partial charge in [0.15, 0.2) is 5.65 Å². The Bertz CT molecular complexity index is 1350. The second-order valence-corrected chi connectivity index (χ2v) is 7.56. The summed E-state index contributed by atoms with van der Waals surface area (Å²) in [7, 11) is 0. The van der Waals surface area contributed by atoms with Gasteiger partial charge in [-0.3, -0.25) is 9.13 Å². The van der Waals surface area contributed by atoms with Crippen LogP contribution in [0.4, 0.5) is 0 Å². The molecule has 0 aliphatic carbocycles. The lowest BCUT2D eigenvalue weighted by Crippen LogP contribution is -2.28. The standard InChI is InChI=1S/C23H20N4O4.ClH/c28-20-12-15(22(29)30)5-8-18(20)14-3-6-16(7-4-14)26-19-2-1-10-25-21(19)27(23(26)31)17-9-11-24-13-17;/h1-8,10,12,17,24,28H,9,11,13H2,(H,29,30);1H. The number of benzene rings is 2. The van der Waals surface area contributed by atoms with E-state index in [9.17, 15) is 14.7 Å². The van der Waals surface area contributed by atoms with Gasteiger partial charge in [0.2, 0.25) is 0 Å². The number of imidazole rings is 1. The van der Waals surface area contributed by atoms with Gasteiger partial charge in [0.05, 0.1) is 22.8 Å². The zero-order chi connectivity index (χ0) is 21.5. The third kappa shape index (κ3) is 3.53. The molecule has 1 fully saturated rings. The number of fused-ring (bicyclic) bond motifs is 1. The van der Waals surface area contributed by atoms with Gasteiger partial charge in [-0.1, -0.05) is 12.1 Å². The van der Waals surface area contributed by atoms with Crippen molar-refractivity contribution in [2.24, 2.45) is 0 Å². The highest BCUT2D eigenvalue weighted by Gasteiger charge is 2.24. The van der Waals surface area contributed by atoms with Crippen molar-refractivity contribution in [1.82, 2.24) is 19.4 Å². The van der Waals surface area contributed by atoms with Crippen LogP contribution in [0.15, 0.2) is 65.6 Å². The molecule has 0 radical (unpaired) electrons. The van der Waals surface area contributed by atoms with Crippen LogP contribution in [0.1, 0.15) is 22.8 Å². The first-order chi connectivity index (χ1) is 15.0. The Kier molecular flexibility index (Phi) is 5.73. The highest BCUT2D eigenvalue weighted by atomic mass is 35.5. The fourth-order valence-corrected chi connectivity index (χ4v) is 4.19. The number of phenols is 1. The lowest BCUT2D eigenvalue weighted by atomic mass is 10.0. The van der Waals surface area contributed by atoms with Gasteiger partial charge < -0.3 is 15.5 Å². The predicted molar refractivity (Wildman–Crippen MR) is 123 cm³/mol. The van der Waals surface area contributed by atoms with E-state index in [1.165, 1.54) is 12.1 Å². The van der Waals surface area contributed by atoms with E-state index in [-0.39, 0.29) is 35.5 Å². The Morgan fingerprint density at radius 2 is 1.91 bits per heavy atom. The molecule has 1 saturated heterocycles. The number of carboxylic acid groups (broad SMARTS) is 1. The van der Waals surface area contributed by atoms with E-state index in [0.29, 0.717) is 22.5 Å². The van der Waals surface area contributed by atoms with Crippen LogP contribution in [-0.2, 0) is 0 Å². The molecule has 5 rings (SSSR count). The smallest absolute Gasteiger partial charge is 0.335 e. The summed E-state index contributed by atoms with van der Waals surface area (Å²) in [6.07, 6.45) is 2.57. The number of pyridine rings is 1. The summed E-state index contributed by atoms with van der Waals surface area (Å²) in [5.74, 6) is -1.21.